The summed E-state index contributed by atoms with van der Waals surface area (Å²) in [4.78, 5) is 42.9. The molecule has 1 saturated heterocycles. The number of carbonyl (C=O) groups excluding carboxylic acids is 1. The zero-order valence-corrected chi connectivity index (χ0v) is 20.3. The second kappa shape index (κ2) is 11.3. The van der Waals surface area contributed by atoms with Crippen LogP contribution in [0, 0.1) is 0 Å². The quantitative estimate of drug-likeness (QED) is 0.290. The van der Waals surface area contributed by atoms with Crippen molar-refractivity contribution < 1.29 is 4.79 Å². The first-order chi connectivity index (χ1) is 17.0. The van der Waals surface area contributed by atoms with E-state index in [-0.39, 0.29) is 19.0 Å². The van der Waals surface area contributed by atoms with Gasteiger partial charge in [0.2, 0.25) is 0 Å². The molecule has 0 bridgehead atoms. The maximum absolute atomic E-state index is 12.9. The lowest BCUT2D eigenvalue weighted by Gasteiger charge is -2.32. The fourth-order valence-electron chi connectivity index (χ4n) is 4.46. The van der Waals surface area contributed by atoms with Crippen molar-refractivity contribution in [3.63, 3.8) is 0 Å². The van der Waals surface area contributed by atoms with Gasteiger partial charge in [0, 0.05) is 44.8 Å². The van der Waals surface area contributed by atoms with Gasteiger partial charge in [-0.1, -0.05) is 30.3 Å². The molecule has 1 aliphatic rings. The maximum Gasteiger partial charge on any atom is 0.317 e. The Morgan fingerprint density at radius 2 is 1.57 bits per heavy atom. The van der Waals surface area contributed by atoms with Crippen molar-refractivity contribution in [2.45, 2.75) is 19.5 Å². The van der Waals surface area contributed by atoms with E-state index in [1.165, 1.54) is 9.13 Å². The molecule has 1 fully saturated rings. The molecule has 1 aliphatic heterocycles. The van der Waals surface area contributed by atoms with Crippen LogP contribution in [-0.2, 0) is 13.1 Å². The molecule has 0 radical (unpaired) electrons. The predicted molar refractivity (Wildman–Crippen MR) is 139 cm³/mol. The summed E-state index contributed by atoms with van der Waals surface area (Å²) < 4.78 is 2.93. The van der Waals surface area contributed by atoms with Crippen LogP contribution in [0.1, 0.15) is 22.3 Å². The summed E-state index contributed by atoms with van der Waals surface area (Å²) in [6.45, 7) is 10.2. The molecule has 1 aromatic heterocycles. The number of aromatic nitrogens is 2. The third-order valence-corrected chi connectivity index (χ3v) is 6.54. The first-order valence-electron chi connectivity index (χ1n) is 12.1. The SMILES string of the molecule is C=CCn1c(=O)c(=O)n(Cc2ccc(C(=O)NCCCN3CCN(C)CC3)cc2)c2ccccc21. The van der Waals surface area contributed by atoms with Gasteiger partial charge in [-0.05, 0) is 49.8 Å². The normalized spacial score (nSPS) is 14.8. The number of fused-ring (bicyclic) bond motifs is 1. The van der Waals surface area contributed by atoms with Crippen molar-refractivity contribution in [2.24, 2.45) is 0 Å². The van der Waals surface area contributed by atoms with Gasteiger partial charge in [0.25, 0.3) is 5.91 Å². The van der Waals surface area contributed by atoms with Crippen LogP contribution < -0.4 is 16.4 Å². The molecule has 1 N–H and O–H groups in total. The smallest absolute Gasteiger partial charge is 0.317 e. The molecule has 184 valence electrons. The molecular formula is C27H33N5O3. The summed E-state index contributed by atoms with van der Waals surface area (Å²) in [6.07, 6.45) is 2.52. The number of nitrogens with zero attached hydrogens (tertiary/aromatic N) is 4. The Morgan fingerprint density at radius 1 is 0.943 bits per heavy atom. The minimum Gasteiger partial charge on any atom is -0.352 e. The molecule has 35 heavy (non-hydrogen) atoms. The molecule has 0 saturated carbocycles. The third-order valence-electron chi connectivity index (χ3n) is 6.54. The molecule has 2 heterocycles. The molecular weight excluding hydrogens is 442 g/mol. The van der Waals surface area contributed by atoms with Crippen molar-refractivity contribution in [3.05, 3.63) is 93.0 Å². The minimum absolute atomic E-state index is 0.107. The van der Waals surface area contributed by atoms with E-state index >= 15 is 0 Å². The topological polar surface area (TPSA) is 79.6 Å². The van der Waals surface area contributed by atoms with Crippen LogP contribution in [0.15, 0.2) is 70.8 Å². The van der Waals surface area contributed by atoms with Crippen LogP contribution in [-0.4, -0.2) is 71.2 Å². The first-order valence-corrected chi connectivity index (χ1v) is 12.1. The fraction of sp³-hybridized carbons (Fsp3) is 0.370. The van der Waals surface area contributed by atoms with Crippen molar-refractivity contribution in [1.29, 1.82) is 0 Å². The average Bonchev–Trinajstić information content (AvgIpc) is 2.88. The Hall–Kier alpha value is -3.49. The highest BCUT2D eigenvalue weighted by molar-refractivity contribution is 5.94. The molecule has 3 aromatic rings. The molecule has 8 nitrogen and oxygen atoms in total. The van der Waals surface area contributed by atoms with Crippen molar-refractivity contribution in [1.82, 2.24) is 24.3 Å². The summed E-state index contributed by atoms with van der Waals surface area (Å²) in [5.41, 5.74) is 1.63. The lowest BCUT2D eigenvalue weighted by atomic mass is 10.1. The molecule has 0 atom stereocenters. The van der Waals surface area contributed by atoms with E-state index < -0.39 is 11.1 Å². The van der Waals surface area contributed by atoms with E-state index in [0.29, 0.717) is 23.1 Å². The van der Waals surface area contributed by atoms with Crippen molar-refractivity contribution in [2.75, 3.05) is 46.3 Å². The van der Waals surface area contributed by atoms with E-state index in [4.69, 9.17) is 0 Å². The lowest BCUT2D eigenvalue weighted by molar-refractivity contribution is 0.0949. The highest BCUT2D eigenvalue weighted by Crippen LogP contribution is 2.13. The zero-order chi connectivity index (χ0) is 24.8. The maximum atomic E-state index is 12.9. The molecule has 0 aliphatic carbocycles. The fourth-order valence-corrected chi connectivity index (χ4v) is 4.46. The number of hydrogen-bond donors (Lipinski definition) is 1. The van der Waals surface area contributed by atoms with E-state index in [2.05, 4.69) is 28.7 Å². The Labute approximate surface area is 205 Å². The number of para-hydroxylation sites is 2. The number of allylic oxidation sites excluding steroid dienone is 1. The van der Waals surface area contributed by atoms with Crippen LogP contribution >= 0.6 is 0 Å². The zero-order valence-electron chi connectivity index (χ0n) is 20.3. The summed E-state index contributed by atoms with van der Waals surface area (Å²) in [6, 6.07) is 14.5. The van der Waals surface area contributed by atoms with E-state index in [1.54, 1.807) is 18.2 Å². The van der Waals surface area contributed by atoms with Crippen LogP contribution in [0.3, 0.4) is 0 Å². The van der Waals surface area contributed by atoms with Gasteiger partial charge in [-0.25, -0.2) is 0 Å². The number of benzene rings is 2. The highest BCUT2D eigenvalue weighted by Gasteiger charge is 2.14. The number of amides is 1. The van der Waals surface area contributed by atoms with Gasteiger partial charge in [-0.15, -0.1) is 6.58 Å². The first kappa shape index (κ1) is 24.6. The minimum atomic E-state index is -0.576. The standard InChI is InChI=1S/C27H33N5O3/c1-3-14-31-23-7-4-5-8-24(23)32(27(35)26(31)34)20-21-9-11-22(12-10-21)25(33)28-13-6-15-30-18-16-29(2)17-19-30/h3-5,7-12H,1,6,13-20H2,2H3,(H,28,33). The summed E-state index contributed by atoms with van der Waals surface area (Å²) >= 11 is 0. The van der Waals surface area contributed by atoms with E-state index in [1.807, 2.05) is 36.4 Å². The van der Waals surface area contributed by atoms with Crippen LogP contribution in [0.5, 0.6) is 0 Å². The van der Waals surface area contributed by atoms with Gasteiger partial charge in [0.05, 0.1) is 17.6 Å². The molecule has 2 aromatic carbocycles. The van der Waals surface area contributed by atoms with E-state index in [0.717, 1.165) is 44.7 Å². The Morgan fingerprint density at radius 3 is 2.23 bits per heavy atom. The predicted octanol–water partition coefficient (Wildman–Crippen LogP) is 1.76. The van der Waals surface area contributed by atoms with Gasteiger partial charge >= 0.3 is 11.1 Å². The number of piperazine rings is 1. The van der Waals surface area contributed by atoms with Crippen molar-refractivity contribution in [3.8, 4) is 0 Å². The third kappa shape index (κ3) is 5.78. The second-order valence-corrected chi connectivity index (χ2v) is 9.04. The Balaban J connectivity index is 1.40. The number of nitrogens with one attached hydrogen (secondary N) is 1. The van der Waals surface area contributed by atoms with Crippen LogP contribution in [0.4, 0.5) is 0 Å². The molecule has 1 amide bonds. The Bertz CT molecular complexity index is 1300. The van der Waals surface area contributed by atoms with Gasteiger partial charge in [0.15, 0.2) is 0 Å². The van der Waals surface area contributed by atoms with Crippen molar-refractivity contribution >= 4 is 16.9 Å². The molecule has 0 unspecified atom stereocenters. The van der Waals surface area contributed by atoms with Gasteiger partial charge < -0.3 is 15.1 Å². The summed E-state index contributed by atoms with van der Waals surface area (Å²) in [5.74, 6) is -0.107. The highest BCUT2D eigenvalue weighted by atomic mass is 16.2. The number of likely N-dealkylation sites (N-methyl/N-ethyl adjacent to an activating group) is 1. The number of carbonyl (C=O) groups is 1. The average molecular weight is 476 g/mol. The van der Waals surface area contributed by atoms with Crippen LogP contribution in [0.25, 0.3) is 11.0 Å². The summed E-state index contributed by atoms with van der Waals surface area (Å²) in [7, 11) is 2.14. The largest absolute Gasteiger partial charge is 0.352 e. The summed E-state index contributed by atoms with van der Waals surface area (Å²) in [5, 5.41) is 2.99. The molecule has 0 spiro atoms. The number of hydrogen-bond acceptors (Lipinski definition) is 5. The van der Waals surface area contributed by atoms with Crippen LogP contribution in [0.2, 0.25) is 0 Å². The van der Waals surface area contributed by atoms with Gasteiger partial charge in [-0.3, -0.25) is 23.5 Å². The monoisotopic (exact) mass is 475 g/mol. The van der Waals surface area contributed by atoms with Gasteiger partial charge in [0.1, 0.15) is 0 Å². The molecule has 8 heteroatoms. The second-order valence-electron chi connectivity index (χ2n) is 9.04. The lowest BCUT2D eigenvalue weighted by Crippen LogP contribution is -2.45. The van der Waals surface area contributed by atoms with Gasteiger partial charge in [-0.2, -0.15) is 0 Å². The Kier molecular flexibility index (Phi) is 7.94. The number of rotatable bonds is 9. The molecule has 4 rings (SSSR count). The van der Waals surface area contributed by atoms with E-state index in [9.17, 15) is 14.4 Å².